The van der Waals surface area contributed by atoms with Gasteiger partial charge in [-0.1, -0.05) is 39.3 Å². The standard InChI is InChI=1S/C12H18N2O3.Na/c1-4-6-12(7-5-8(2)3)9(15)13-11(17)14-10(12)16;/h5,7-8H,4,6H2,1-3H3,(H2,13,14,15,16,17);/q;+1/b7-5+;. The third kappa shape index (κ3) is 3.67. The van der Waals surface area contributed by atoms with E-state index in [1.807, 2.05) is 26.8 Å². The van der Waals surface area contributed by atoms with E-state index >= 15 is 0 Å². The quantitative estimate of drug-likeness (QED) is 0.362. The van der Waals surface area contributed by atoms with E-state index in [2.05, 4.69) is 10.6 Å². The van der Waals surface area contributed by atoms with Crippen LogP contribution >= 0.6 is 0 Å². The number of rotatable bonds is 4. The van der Waals surface area contributed by atoms with Crippen molar-refractivity contribution >= 4 is 17.8 Å². The van der Waals surface area contributed by atoms with Gasteiger partial charge in [-0.05, 0) is 12.3 Å². The first-order valence-electron chi connectivity index (χ1n) is 5.78. The van der Waals surface area contributed by atoms with Crippen molar-refractivity contribution in [1.29, 1.82) is 0 Å². The predicted molar refractivity (Wildman–Crippen MR) is 63.0 cm³/mol. The minimum Gasteiger partial charge on any atom is -0.277 e. The number of imide groups is 2. The molecule has 0 aliphatic carbocycles. The van der Waals surface area contributed by atoms with Crippen molar-refractivity contribution in [2.24, 2.45) is 11.3 Å². The Labute approximate surface area is 129 Å². The Morgan fingerprint density at radius 1 is 1.17 bits per heavy atom. The molecule has 1 rings (SSSR count). The summed E-state index contributed by atoms with van der Waals surface area (Å²) in [5.74, 6) is -0.836. The predicted octanol–water partition coefficient (Wildman–Crippen LogP) is -1.64. The number of urea groups is 1. The topological polar surface area (TPSA) is 75.3 Å². The van der Waals surface area contributed by atoms with Crippen LogP contribution in [-0.2, 0) is 9.59 Å². The molecule has 0 radical (unpaired) electrons. The minimum absolute atomic E-state index is 0. The maximum Gasteiger partial charge on any atom is 1.00 e. The summed E-state index contributed by atoms with van der Waals surface area (Å²) in [5.41, 5.74) is -1.24. The van der Waals surface area contributed by atoms with E-state index in [-0.39, 0.29) is 35.5 Å². The van der Waals surface area contributed by atoms with Crippen LogP contribution in [0.5, 0.6) is 0 Å². The van der Waals surface area contributed by atoms with E-state index in [9.17, 15) is 14.4 Å². The van der Waals surface area contributed by atoms with Gasteiger partial charge < -0.3 is 0 Å². The Morgan fingerprint density at radius 2 is 1.67 bits per heavy atom. The molecule has 0 unspecified atom stereocenters. The molecule has 1 aliphatic heterocycles. The fraction of sp³-hybridized carbons (Fsp3) is 0.583. The molecular formula is C12H18N2NaO3+. The molecule has 1 saturated heterocycles. The Hall–Kier alpha value is -0.650. The van der Waals surface area contributed by atoms with Gasteiger partial charge in [-0.2, -0.15) is 0 Å². The Morgan fingerprint density at radius 3 is 2.06 bits per heavy atom. The zero-order valence-corrected chi connectivity index (χ0v) is 13.4. The molecule has 1 heterocycles. The van der Waals surface area contributed by atoms with Crippen LogP contribution in [0.1, 0.15) is 33.6 Å². The van der Waals surface area contributed by atoms with Gasteiger partial charge in [0.25, 0.3) is 0 Å². The van der Waals surface area contributed by atoms with Crippen LogP contribution in [0, 0.1) is 11.3 Å². The van der Waals surface area contributed by atoms with Crippen LogP contribution in [0.15, 0.2) is 12.2 Å². The fourth-order valence-electron chi connectivity index (χ4n) is 1.78. The second-order valence-electron chi connectivity index (χ2n) is 4.56. The van der Waals surface area contributed by atoms with Crippen LogP contribution in [-0.4, -0.2) is 17.8 Å². The van der Waals surface area contributed by atoms with Crippen molar-refractivity contribution in [1.82, 2.24) is 10.6 Å². The summed E-state index contributed by atoms with van der Waals surface area (Å²) in [6.45, 7) is 5.81. The van der Waals surface area contributed by atoms with Crippen molar-refractivity contribution < 1.29 is 43.9 Å². The Kier molecular flexibility index (Phi) is 6.81. The number of hydrogen-bond donors (Lipinski definition) is 2. The summed E-state index contributed by atoms with van der Waals surface area (Å²) >= 11 is 0. The molecule has 94 valence electrons. The summed E-state index contributed by atoms with van der Waals surface area (Å²) in [5, 5.41) is 4.30. The molecule has 5 nitrogen and oxygen atoms in total. The molecule has 0 aromatic carbocycles. The van der Waals surface area contributed by atoms with Gasteiger partial charge >= 0.3 is 35.6 Å². The first-order chi connectivity index (χ1) is 7.92. The number of hydrogen-bond acceptors (Lipinski definition) is 3. The molecule has 0 aromatic heterocycles. The van der Waals surface area contributed by atoms with Crippen LogP contribution in [0.4, 0.5) is 4.79 Å². The van der Waals surface area contributed by atoms with Crippen molar-refractivity contribution in [2.75, 3.05) is 0 Å². The van der Waals surface area contributed by atoms with Crippen LogP contribution < -0.4 is 40.2 Å². The number of amides is 4. The maximum absolute atomic E-state index is 11.9. The first kappa shape index (κ1) is 17.4. The smallest absolute Gasteiger partial charge is 0.277 e. The van der Waals surface area contributed by atoms with E-state index in [0.717, 1.165) is 0 Å². The summed E-state index contributed by atoms with van der Waals surface area (Å²) in [4.78, 5) is 34.8. The summed E-state index contributed by atoms with van der Waals surface area (Å²) in [6.07, 6.45) is 4.49. The number of carbonyl (C=O) groups excluding carboxylic acids is 3. The molecule has 1 fully saturated rings. The Balaban J connectivity index is 0.00000289. The van der Waals surface area contributed by atoms with Gasteiger partial charge in [-0.25, -0.2) is 4.79 Å². The molecule has 0 bridgehead atoms. The zero-order chi connectivity index (χ0) is 13.1. The molecule has 18 heavy (non-hydrogen) atoms. The molecule has 0 spiro atoms. The van der Waals surface area contributed by atoms with E-state index in [0.29, 0.717) is 12.8 Å². The maximum atomic E-state index is 11.9. The first-order valence-corrected chi connectivity index (χ1v) is 5.78. The van der Waals surface area contributed by atoms with Crippen molar-refractivity contribution in [3.05, 3.63) is 12.2 Å². The molecule has 4 amide bonds. The second kappa shape index (κ2) is 7.07. The molecule has 0 atom stereocenters. The largest absolute Gasteiger partial charge is 1.00 e. The number of carbonyl (C=O) groups is 3. The number of barbiturate groups is 1. The summed E-state index contributed by atoms with van der Waals surface area (Å²) in [7, 11) is 0. The van der Waals surface area contributed by atoms with E-state index in [1.54, 1.807) is 6.08 Å². The van der Waals surface area contributed by atoms with Gasteiger partial charge in [0, 0.05) is 0 Å². The van der Waals surface area contributed by atoms with Crippen LogP contribution in [0.3, 0.4) is 0 Å². The fourth-order valence-corrected chi connectivity index (χ4v) is 1.78. The van der Waals surface area contributed by atoms with E-state index in [1.165, 1.54) is 0 Å². The molecule has 0 aromatic rings. The van der Waals surface area contributed by atoms with Gasteiger partial charge in [0.1, 0.15) is 5.41 Å². The third-order valence-electron chi connectivity index (χ3n) is 2.67. The van der Waals surface area contributed by atoms with E-state index < -0.39 is 23.3 Å². The third-order valence-corrected chi connectivity index (χ3v) is 2.67. The second-order valence-corrected chi connectivity index (χ2v) is 4.56. The van der Waals surface area contributed by atoms with E-state index in [4.69, 9.17) is 0 Å². The molecule has 0 saturated carbocycles. The van der Waals surface area contributed by atoms with Gasteiger partial charge in [-0.3, -0.25) is 20.2 Å². The summed E-state index contributed by atoms with van der Waals surface area (Å²) in [6, 6.07) is -0.746. The average Bonchev–Trinajstić information content (AvgIpc) is 2.21. The number of allylic oxidation sites excluding steroid dienone is 1. The number of nitrogens with one attached hydrogen (secondary N) is 2. The van der Waals surface area contributed by atoms with Gasteiger partial charge in [0.05, 0.1) is 0 Å². The van der Waals surface area contributed by atoms with Crippen molar-refractivity contribution in [3.63, 3.8) is 0 Å². The van der Waals surface area contributed by atoms with Gasteiger partial charge in [-0.15, -0.1) is 0 Å². The van der Waals surface area contributed by atoms with Gasteiger partial charge in [0.2, 0.25) is 11.8 Å². The zero-order valence-electron chi connectivity index (χ0n) is 11.4. The van der Waals surface area contributed by atoms with Gasteiger partial charge in [0.15, 0.2) is 0 Å². The Bertz CT molecular complexity index is 358. The van der Waals surface area contributed by atoms with Crippen molar-refractivity contribution in [3.8, 4) is 0 Å². The average molecular weight is 261 g/mol. The van der Waals surface area contributed by atoms with Crippen LogP contribution in [0.2, 0.25) is 0 Å². The normalized spacial score (nSPS) is 18.6. The SMILES string of the molecule is CCCC1(/C=C/C(C)C)C(=O)NC(=O)NC1=O.[Na+]. The molecular weight excluding hydrogens is 243 g/mol. The monoisotopic (exact) mass is 261 g/mol. The van der Waals surface area contributed by atoms with Crippen molar-refractivity contribution in [2.45, 2.75) is 33.6 Å². The van der Waals surface area contributed by atoms with Crippen LogP contribution in [0.25, 0.3) is 0 Å². The molecule has 2 N–H and O–H groups in total. The summed E-state index contributed by atoms with van der Waals surface area (Å²) < 4.78 is 0. The minimum atomic E-state index is -1.24. The molecule has 1 aliphatic rings. The molecule has 6 heteroatoms.